The van der Waals surface area contributed by atoms with Crippen molar-refractivity contribution < 1.29 is 9.47 Å². The first kappa shape index (κ1) is 11.7. The van der Waals surface area contributed by atoms with E-state index in [1.54, 1.807) is 6.07 Å². The molecule has 0 spiro atoms. The van der Waals surface area contributed by atoms with E-state index in [0.29, 0.717) is 11.0 Å². The Bertz CT molecular complexity index is 349. The molecular formula is C12H16ClNO2. The Morgan fingerprint density at radius 1 is 1.31 bits per heavy atom. The number of nitrogens with zero attached hydrogens (tertiary/aromatic N) is 1. The summed E-state index contributed by atoms with van der Waals surface area (Å²) >= 11 is 5.80. The molecular weight excluding hydrogens is 226 g/mol. The monoisotopic (exact) mass is 241 g/mol. The maximum Gasteiger partial charge on any atom is 0.214 e. The highest BCUT2D eigenvalue weighted by atomic mass is 35.5. The molecule has 3 nitrogen and oxygen atoms in total. The van der Waals surface area contributed by atoms with Gasteiger partial charge in [0.25, 0.3) is 0 Å². The van der Waals surface area contributed by atoms with Crippen LogP contribution < -0.4 is 4.74 Å². The fourth-order valence-electron chi connectivity index (χ4n) is 2.07. The van der Waals surface area contributed by atoms with Crippen molar-refractivity contribution in [3.05, 3.63) is 23.4 Å². The topological polar surface area (TPSA) is 31.4 Å². The van der Waals surface area contributed by atoms with E-state index in [9.17, 15) is 0 Å². The van der Waals surface area contributed by atoms with E-state index in [-0.39, 0.29) is 18.3 Å². The zero-order valence-electron chi connectivity index (χ0n) is 9.52. The van der Waals surface area contributed by atoms with Crippen LogP contribution in [0.2, 0.25) is 5.15 Å². The van der Waals surface area contributed by atoms with Crippen molar-refractivity contribution in [2.45, 2.75) is 45.0 Å². The SMILES string of the molecule is CC1CC(Oc2cccc(Cl)n2)CC(C)O1. The second-order valence-electron chi connectivity index (χ2n) is 4.27. The van der Waals surface area contributed by atoms with Crippen LogP contribution in [0.4, 0.5) is 0 Å². The molecule has 2 unspecified atom stereocenters. The van der Waals surface area contributed by atoms with Gasteiger partial charge >= 0.3 is 0 Å². The molecule has 1 aliphatic rings. The van der Waals surface area contributed by atoms with Crippen molar-refractivity contribution in [3.8, 4) is 5.88 Å². The molecule has 2 heterocycles. The van der Waals surface area contributed by atoms with Crippen LogP contribution in [0.5, 0.6) is 5.88 Å². The van der Waals surface area contributed by atoms with Gasteiger partial charge in [0.1, 0.15) is 11.3 Å². The number of hydrogen-bond donors (Lipinski definition) is 0. The number of rotatable bonds is 2. The van der Waals surface area contributed by atoms with Crippen molar-refractivity contribution in [1.29, 1.82) is 0 Å². The molecule has 0 N–H and O–H groups in total. The maximum absolute atomic E-state index is 5.80. The van der Waals surface area contributed by atoms with Crippen LogP contribution in [0.15, 0.2) is 18.2 Å². The summed E-state index contributed by atoms with van der Waals surface area (Å²) in [5.41, 5.74) is 0. The minimum Gasteiger partial charge on any atom is -0.474 e. The third kappa shape index (κ3) is 3.09. The van der Waals surface area contributed by atoms with Crippen LogP contribution in [0.1, 0.15) is 26.7 Å². The molecule has 0 aromatic carbocycles. The third-order valence-electron chi connectivity index (χ3n) is 2.63. The number of aromatic nitrogens is 1. The van der Waals surface area contributed by atoms with Gasteiger partial charge in [-0.15, -0.1) is 0 Å². The lowest BCUT2D eigenvalue weighted by atomic mass is 10.0. The minimum atomic E-state index is 0.171. The molecule has 0 amide bonds. The van der Waals surface area contributed by atoms with Gasteiger partial charge in [-0.05, 0) is 19.9 Å². The summed E-state index contributed by atoms with van der Waals surface area (Å²) in [5.74, 6) is 0.596. The standard InChI is InChI=1S/C12H16ClNO2/c1-8-6-10(7-9(2)15-8)16-12-5-3-4-11(13)14-12/h3-5,8-10H,6-7H2,1-2H3. The molecule has 2 atom stereocenters. The predicted octanol–water partition coefficient (Wildman–Crippen LogP) is 3.07. The molecule has 16 heavy (non-hydrogen) atoms. The van der Waals surface area contributed by atoms with Crippen molar-refractivity contribution in [2.75, 3.05) is 0 Å². The van der Waals surface area contributed by atoms with Gasteiger partial charge in [0.05, 0.1) is 12.2 Å². The van der Waals surface area contributed by atoms with Crippen LogP contribution in [0, 0.1) is 0 Å². The lowest BCUT2D eigenvalue weighted by Crippen LogP contribution is -2.35. The lowest BCUT2D eigenvalue weighted by molar-refractivity contribution is -0.0729. The summed E-state index contributed by atoms with van der Waals surface area (Å²) in [7, 11) is 0. The Labute approximate surface area is 101 Å². The summed E-state index contributed by atoms with van der Waals surface area (Å²) in [6.45, 7) is 4.13. The van der Waals surface area contributed by atoms with E-state index in [1.165, 1.54) is 0 Å². The third-order valence-corrected chi connectivity index (χ3v) is 2.84. The molecule has 0 aliphatic carbocycles. The second-order valence-corrected chi connectivity index (χ2v) is 4.65. The highest BCUT2D eigenvalue weighted by molar-refractivity contribution is 6.29. The number of hydrogen-bond acceptors (Lipinski definition) is 3. The lowest BCUT2D eigenvalue weighted by Gasteiger charge is -2.31. The van der Waals surface area contributed by atoms with Crippen LogP contribution >= 0.6 is 11.6 Å². The van der Waals surface area contributed by atoms with E-state index in [0.717, 1.165) is 12.8 Å². The Kier molecular flexibility index (Phi) is 3.66. The molecule has 1 fully saturated rings. The first-order chi connectivity index (χ1) is 7.63. The quantitative estimate of drug-likeness (QED) is 0.746. The van der Waals surface area contributed by atoms with Crippen molar-refractivity contribution in [2.24, 2.45) is 0 Å². The smallest absolute Gasteiger partial charge is 0.214 e. The van der Waals surface area contributed by atoms with Gasteiger partial charge in [0.15, 0.2) is 0 Å². The molecule has 0 bridgehead atoms. The van der Waals surface area contributed by atoms with Crippen LogP contribution in [-0.4, -0.2) is 23.3 Å². The van der Waals surface area contributed by atoms with Gasteiger partial charge in [-0.2, -0.15) is 0 Å². The summed E-state index contributed by atoms with van der Waals surface area (Å²) in [5, 5.41) is 0.464. The molecule has 2 rings (SSSR count). The average molecular weight is 242 g/mol. The number of pyridine rings is 1. The average Bonchev–Trinajstić information content (AvgIpc) is 2.15. The van der Waals surface area contributed by atoms with E-state index in [2.05, 4.69) is 18.8 Å². The molecule has 0 saturated carbocycles. The van der Waals surface area contributed by atoms with Gasteiger partial charge in [-0.25, -0.2) is 4.98 Å². The zero-order chi connectivity index (χ0) is 11.5. The van der Waals surface area contributed by atoms with Crippen molar-refractivity contribution >= 4 is 11.6 Å². The Morgan fingerprint density at radius 2 is 2.00 bits per heavy atom. The molecule has 1 aromatic heterocycles. The molecule has 1 aromatic rings. The first-order valence-corrected chi connectivity index (χ1v) is 5.96. The molecule has 0 radical (unpaired) electrons. The highest BCUT2D eigenvalue weighted by Gasteiger charge is 2.25. The molecule has 4 heteroatoms. The Morgan fingerprint density at radius 3 is 2.62 bits per heavy atom. The number of ether oxygens (including phenoxy) is 2. The Hall–Kier alpha value is -0.800. The van der Waals surface area contributed by atoms with Crippen molar-refractivity contribution in [1.82, 2.24) is 4.98 Å². The van der Waals surface area contributed by atoms with E-state index < -0.39 is 0 Å². The van der Waals surface area contributed by atoms with Gasteiger partial charge in [0, 0.05) is 18.9 Å². The molecule has 1 aliphatic heterocycles. The highest BCUT2D eigenvalue weighted by Crippen LogP contribution is 2.23. The maximum atomic E-state index is 5.80. The fourth-order valence-corrected chi connectivity index (χ4v) is 2.22. The molecule has 1 saturated heterocycles. The Balaban J connectivity index is 1.98. The van der Waals surface area contributed by atoms with Gasteiger partial charge < -0.3 is 9.47 Å². The number of halogens is 1. The van der Waals surface area contributed by atoms with E-state index in [1.807, 2.05) is 12.1 Å². The van der Waals surface area contributed by atoms with Gasteiger partial charge in [0.2, 0.25) is 5.88 Å². The van der Waals surface area contributed by atoms with Gasteiger partial charge in [-0.1, -0.05) is 17.7 Å². The van der Waals surface area contributed by atoms with Crippen LogP contribution in [0.3, 0.4) is 0 Å². The minimum absolute atomic E-state index is 0.171. The second kappa shape index (κ2) is 5.02. The summed E-state index contributed by atoms with van der Waals surface area (Å²) < 4.78 is 11.5. The first-order valence-electron chi connectivity index (χ1n) is 5.58. The van der Waals surface area contributed by atoms with E-state index in [4.69, 9.17) is 21.1 Å². The van der Waals surface area contributed by atoms with Crippen molar-refractivity contribution in [3.63, 3.8) is 0 Å². The largest absolute Gasteiger partial charge is 0.474 e. The fraction of sp³-hybridized carbons (Fsp3) is 0.583. The van der Waals surface area contributed by atoms with E-state index >= 15 is 0 Å². The molecule has 88 valence electrons. The van der Waals surface area contributed by atoms with Gasteiger partial charge in [-0.3, -0.25) is 0 Å². The van der Waals surface area contributed by atoms with Crippen LogP contribution in [-0.2, 0) is 4.74 Å². The summed E-state index contributed by atoms with van der Waals surface area (Å²) in [6.07, 6.45) is 2.46. The predicted molar refractivity (Wildman–Crippen MR) is 62.9 cm³/mol. The normalized spacial score (nSPS) is 30.1. The summed E-state index contributed by atoms with van der Waals surface area (Å²) in [4.78, 5) is 4.12. The summed E-state index contributed by atoms with van der Waals surface area (Å²) in [6, 6.07) is 5.41. The van der Waals surface area contributed by atoms with Crippen LogP contribution in [0.25, 0.3) is 0 Å². The zero-order valence-corrected chi connectivity index (χ0v) is 10.3.